The third-order valence-corrected chi connectivity index (χ3v) is 4.34. The number of rotatable bonds is 2. The zero-order valence-corrected chi connectivity index (χ0v) is 9.66. The minimum absolute atomic E-state index is 0.305. The first-order valence-electron chi connectivity index (χ1n) is 5.44. The Kier molecular flexibility index (Phi) is 2.10. The van der Waals surface area contributed by atoms with Crippen molar-refractivity contribution in [2.45, 2.75) is 50.0 Å². The summed E-state index contributed by atoms with van der Waals surface area (Å²) >= 11 is 1.92. The first-order valence-corrected chi connectivity index (χ1v) is 6.38. The molecule has 0 radical (unpaired) electrons. The summed E-state index contributed by atoms with van der Waals surface area (Å²) in [7, 11) is 0. The summed E-state index contributed by atoms with van der Waals surface area (Å²) in [5, 5.41) is 0.568. The number of hydrogen-bond acceptors (Lipinski definition) is 4. The minimum atomic E-state index is 0.305. The Morgan fingerprint density at radius 3 is 2.79 bits per heavy atom. The number of fused-ring (bicyclic) bond motifs is 2. The molecule has 5 atom stereocenters. The first-order chi connectivity index (χ1) is 6.72. The van der Waals surface area contributed by atoms with Gasteiger partial charge in [-0.2, -0.15) is 0 Å². The van der Waals surface area contributed by atoms with E-state index in [-0.39, 0.29) is 0 Å². The lowest BCUT2D eigenvalue weighted by Gasteiger charge is -2.17. The van der Waals surface area contributed by atoms with Gasteiger partial charge in [-0.3, -0.25) is 4.90 Å². The molecule has 0 saturated carbocycles. The van der Waals surface area contributed by atoms with Crippen molar-refractivity contribution in [2.75, 3.05) is 6.54 Å². The SMILES string of the molecule is CCN1C2SC2OC(C(C)C)[C@H]2OC21. The molecular formula is C10H17NO2S. The van der Waals surface area contributed by atoms with Crippen molar-refractivity contribution in [3.05, 3.63) is 0 Å². The molecule has 4 heteroatoms. The molecule has 0 aromatic rings. The second-order valence-corrected chi connectivity index (χ2v) is 5.78. The van der Waals surface area contributed by atoms with Gasteiger partial charge in [-0.1, -0.05) is 20.8 Å². The van der Waals surface area contributed by atoms with Gasteiger partial charge in [0.2, 0.25) is 0 Å². The number of hydrogen-bond donors (Lipinski definition) is 0. The third kappa shape index (κ3) is 1.32. The van der Waals surface area contributed by atoms with E-state index in [4.69, 9.17) is 9.47 Å². The molecule has 0 aromatic heterocycles. The molecule has 0 N–H and O–H groups in total. The Morgan fingerprint density at radius 1 is 1.36 bits per heavy atom. The van der Waals surface area contributed by atoms with Crippen LogP contribution in [0.4, 0.5) is 0 Å². The van der Waals surface area contributed by atoms with Crippen LogP contribution in [0.1, 0.15) is 20.8 Å². The zero-order valence-electron chi connectivity index (χ0n) is 8.84. The van der Waals surface area contributed by atoms with Crippen LogP contribution in [0.5, 0.6) is 0 Å². The van der Waals surface area contributed by atoms with Crippen molar-refractivity contribution < 1.29 is 9.47 Å². The summed E-state index contributed by atoms with van der Waals surface area (Å²) in [6.45, 7) is 7.70. The quantitative estimate of drug-likeness (QED) is 0.652. The van der Waals surface area contributed by atoms with Crippen LogP contribution in [-0.2, 0) is 9.47 Å². The fourth-order valence-corrected chi connectivity index (χ4v) is 3.34. The van der Waals surface area contributed by atoms with Crippen LogP contribution in [0.25, 0.3) is 0 Å². The molecule has 4 unspecified atom stereocenters. The fraction of sp³-hybridized carbons (Fsp3) is 1.00. The molecule has 0 amide bonds. The van der Waals surface area contributed by atoms with Crippen molar-refractivity contribution in [2.24, 2.45) is 5.92 Å². The molecule has 3 fully saturated rings. The van der Waals surface area contributed by atoms with Crippen molar-refractivity contribution in [3.63, 3.8) is 0 Å². The monoisotopic (exact) mass is 215 g/mol. The van der Waals surface area contributed by atoms with Gasteiger partial charge in [-0.05, 0) is 12.5 Å². The summed E-state index contributed by atoms with van der Waals surface area (Å²) in [5.74, 6) is 0.559. The number of thioether (sulfide) groups is 1. The Hall–Kier alpha value is 0.230. The van der Waals surface area contributed by atoms with Gasteiger partial charge in [0.1, 0.15) is 17.8 Å². The molecule has 3 nitrogen and oxygen atoms in total. The predicted molar refractivity (Wildman–Crippen MR) is 55.9 cm³/mol. The Balaban J connectivity index is 1.77. The highest BCUT2D eigenvalue weighted by molar-refractivity contribution is 8.07. The first kappa shape index (κ1) is 9.46. The summed E-state index contributed by atoms with van der Waals surface area (Å²) in [4.78, 5) is 2.43. The molecule has 0 aliphatic carbocycles. The zero-order chi connectivity index (χ0) is 9.87. The van der Waals surface area contributed by atoms with Crippen molar-refractivity contribution >= 4 is 11.8 Å². The van der Waals surface area contributed by atoms with E-state index in [1.54, 1.807) is 0 Å². The largest absolute Gasteiger partial charge is 0.359 e. The van der Waals surface area contributed by atoms with E-state index in [0.717, 1.165) is 6.54 Å². The van der Waals surface area contributed by atoms with Crippen molar-refractivity contribution in [1.82, 2.24) is 4.90 Å². The maximum absolute atomic E-state index is 6.03. The predicted octanol–water partition coefficient (Wildman–Crippen LogP) is 1.49. The van der Waals surface area contributed by atoms with E-state index in [1.807, 2.05) is 11.8 Å². The number of epoxide rings is 1. The second kappa shape index (κ2) is 3.11. The fourth-order valence-electron chi connectivity index (χ4n) is 2.32. The van der Waals surface area contributed by atoms with Crippen LogP contribution in [0.2, 0.25) is 0 Å². The van der Waals surface area contributed by atoms with Crippen molar-refractivity contribution in [1.29, 1.82) is 0 Å². The summed E-state index contributed by atoms with van der Waals surface area (Å²) < 4.78 is 11.7. The van der Waals surface area contributed by atoms with Gasteiger partial charge in [0.05, 0.1) is 11.5 Å². The molecular weight excluding hydrogens is 198 g/mol. The number of nitrogens with zero attached hydrogens (tertiary/aromatic N) is 1. The van der Waals surface area contributed by atoms with Gasteiger partial charge in [0, 0.05) is 0 Å². The topological polar surface area (TPSA) is 25.0 Å². The molecule has 80 valence electrons. The van der Waals surface area contributed by atoms with Crippen LogP contribution in [-0.4, -0.2) is 40.7 Å². The van der Waals surface area contributed by atoms with Crippen LogP contribution in [0.15, 0.2) is 0 Å². The highest BCUT2D eigenvalue weighted by atomic mass is 32.2. The molecule has 3 rings (SSSR count). The summed E-state index contributed by atoms with van der Waals surface area (Å²) in [6, 6.07) is 0. The maximum atomic E-state index is 6.03. The molecule has 3 saturated heterocycles. The molecule has 0 spiro atoms. The number of likely N-dealkylation sites (N-methyl/N-ethyl adjacent to an activating group) is 1. The Bertz CT molecular complexity index is 246. The highest BCUT2D eigenvalue weighted by Crippen LogP contribution is 2.53. The highest BCUT2D eigenvalue weighted by Gasteiger charge is 2.61. The minimum Gasteiger partial charge on any atom is -0.359 e. The second-order valence-electron chi connectivity index (χ2n) is 4.56. The van der Waals surface area contributed by atoms with Crippen molar-refractivity contribution in [3.8, 4) is 0 Å². The number of ether oxygens (including phenoxy) is 2. The van der Waals surface area contributed by atoms with E-state index in [2.05, 4.69) is 25.7 Å². The Labute approximate surface area is 89.1 Å². The summed E-state index contributed by atoms with van der Waals surface area (Å²) in [5.41, 5.74) is 0.416. The van der Waals surface area contributed by atoms with Crippen LogP contribution in [0, 0.1) is 5.92 Å². The third-order valence-electron chi connectivity index (χ3n) is 3.22. The summed E-state index contributed by atoms with van der Waals surface area (Å²) in [6.07, 6.45) is 0.986. The van der Waals surface area contributed by atoms with Gasteiger partial charge >= 0.3 is 0 Å². The maximum Gasteiger partial charge on any atom is 0.141 e. The lowest BCUT2D eigenvalue weighted by molar-refractivity contribution is -0.0104. The standard InChI is InChI=1S/C10H17NO2S/c1-4-11-8-7(12-8)6(5(2)3)13-10-9(11)14-10/h5-10H,4H2,1-3H3/t6?,7-,8?,9?,10?/m1/s1. The molecule has 3 heterocycles. The van der Waals surface area contributed by atoms with E-state index >= 15 is 0 Å². The average Bonchev–Trinajstić information content (AvgIpc) is 2.92. The van der Waals surface area contributed by atoms with E-state index in [0.29, 0.717) is 35.2 Å². The van der Waals surface area contributed by atoms with Gasteiger partial charge in [0.25, 0.3) is 0 Å². The van der Waals surface area contributed by atoms with Gasteiger partial charge in [0.15, 0.2) is 0 Å². The van der Waals surface area contributed by atoms with Crippen LogP contribution in [0.3, 0.4) is 0 Å². The average molecular weight is 215 g/mol. The molecule has 3 aliphatic rings. The molecule has 3 aliphatic heterocycles. The molecule has 0 bridgehead atoms. The lowest BCUT2D eigenvalue weighted by atomic mass is 10.0. The van der Waals surface area contributed by atoms with E-state index in [1.165, 1.54) is 0 Å². The van der Waals surface area contributed by atoms with Gasteiger partial charge < -0.3 is 9.47 Å². The van der Waals surface area contributed by atoms with Gasteiger partial charge in [-0.15, -0.1) is 11.8 Å². The molecule has 0 aromatic carbocycles. The van der Waals surface area contributed by atoms with Gasteiger partial charge in [-0.25, -0.2) is 0 Å². The Morgan fingerprint density at radius 2 is 2.14 bits per heavy atom. The van der Waals surface area contributed by atoms with E-state index < -0.39 is 0 Å². The lowest BCUT2D eigenvalue weighted by Crippen LogP contribution is -2.31. The normalized spacial score (nSPS) is 51.0. The smallest absolute Gasteiger partial charge is 0.141 e. The molecule has 14 heavy (non-hydrogen) atoms. The van der Waals surface area contributed by atoms with Crippen LogP contribution < -0.4 is 0 Å². The van der Waals surface area contributed by atoms with Crippen LogP contribution >= 0.6 is 11.8 Å². The van der Waals surface area contributed by atoms with E-state index in [9.17, 15) is 0 Å².